The van der Waals surface area contributed by atoms with E-state index in [4.69, 9.17) is 19.5 Å². The number of nitriles is 1. The number of piperidine rings is 1. The van der Waals surface area contributed by atoms with Gasteiger partial charge in [0.05, 0.1) is 42.8 Å². The third kappa shape index (κ3) is 6.45. The minimum Gasteiger partial charge on any atom is -0.493 e. The molecule has 1 amide bonds. The molecule has 1 aliphatic heterocycles. The number of sulfone groups is 1. The molecule has 1 N–H and O–H groups in total. The van der Waals surface area contributed by atoms with Gasteiger partial charge in [-0.15, -0.1) is 0 Å². The first-order valence-electron chi connectivity index (χ1n) is 13.0. The molecule has 0 aliphatic carbocycles. The van der Waals surface area contributed by atoms with Gasteiger partial charge < -0.3 is 19.5 Å². The molecule has 0 saturated carbocycles. The van der Waals surface area contributed by atoms with Gasteiger partial charge in [0.1, 0.15) is 5.25 Å². The summed E-state index contributed by atoms with van der Waals surface area (Å²) in [5.74, 6) is -0.289. The average Bonchev–Trinajstić information content (AvgIpc) is 3.01. The van der Waals surface area contributed by atoms with Gasteiger partial charge in [-0.25, -0.2) is 16.8 Å². The van der Waals surface area contributed by atoms with Crippen LogP contribution in [0.2, 0.25) is 0 Å². The van der Waals surface area contributed by atoms with Gasteiger partial charge in [-0.1, -0.05) is 0 Å². The molecule has 1 atom stereocenters. The molecule has 3 aromatic carbocycles. The molecule has 14 heteroatoms. The maximum absolute atomic E-state index is 13.8. The number of sulfonamides is 1. The highest BCUT2D eigenvalue weighted by molar-refractivity contribution is 7.93. The summed E-state index contributed by atoms with van der Waals surface area (Å²) in [5, 5.41) is 9.88. The Morgan fingerprint density at radius 3 is 2.00 bits per heavy atom. The number of carbonyl (C=O) groups excluding carboxylic acids is 2. The predicted molar refractivity (Wildman–Crippen MR) is 161 cm³/mol. The Bertz CT molecular complexity index is 1850. The van der Waals surface area contributed by atoms with Crippen molar-refractivity contribution in [3.63, 3.8) is 0 Å². The number of carbonyl (C=O) groups is 2. The number of rotatable bonds is 9. The van der Waals surface area contributed by atoms with E-state index in [0.29, 0.717) is 17.0 Å². The lowest BCUT2D eigenvalue weighted by molar-refractivity contribution is -0.116. The normalized spacial score (nSPS) is 16.7. The maximum atomic E-state index is 13.8. The number of amides is 1. The number of benzene rings is 3. The highest BCUT2D eigenvalue weighted by atomic mass is 32.2. The third-order valence-corrected chi connectivity index (χ3v) is 10.7. The lowest BCUT2D eigenvalue weighted by Crippen LogP contribution is -2.51. The number of nitrogens with one attached hydrogen (secondary N) is 1. The number of ketones is 1. The lowest BCUT2D eigenvalue weighted by atomic mass is 10.0. The molecule has 44 heavy (non-hydrogen) atoms. The van der Waals surface area contributed by atoms with Crippen molar-refractivity contribution >= 4 is 43.3 Å². The average molecular weight is 640 g/mol. The fraction of sp³-hybridized carbons (Fsp3) is 0.233. The van der Waals surface area contributed by atoms with Crippen LogP contribution < -0.4 is 19.5 Å². The second kappa shape index (κ2) is 12.9. The molecule has 0 spiro atoms. The van der Waals surface area contributed by atoms with Gasteiger partial charge in [0.15, 0.2) is 27.1 Å². The summed E-state index contributed by atoms with van der Waals surface area (Å²) in [7, 11) is -4.50. The molecule has 1 saturated heterocycles. The molecule has 1 heterocycles. The molecule has 1 unspecified atom stereocenters. The van der Waals surface area contributed by atoms with Gasteiger partial charge >= 0.3 is 0 Å². The number of Topliss-reactive ketones (excluding diaryl/α,β-unsaturated/α-hetero) is 1. The Hall–Kier alpha value is -4.71. The first kappa shape index (κ1) is 32.2. The molecule has 0 bridgehead atoms. The zero-order valence-corrected chi connectivity index (χ0v) is 25.9. The zero-order chi connectivity index (χ0) is 32.2. The molecule has 1 aliphatic rings. The Kier molecular flexibility index (Phi) is 9.43. The van der Waals surface area contributed by atoms with Gasteiger partial charge in [-0.3, -0.25) is 9.59 Å². The van der Waals surface area contributed by atoms with E-state index in [1.807, 2.05) is 6.07 Å². The number of hydrogen-bond acceptors (Lipinski definition) is 10. The van der Waals surface area contributed by atoms with Crippen molar-refractivity contribution in [3.8, 4) is 23.3 Å². The summed E-state index contributed by atoms with van der Waals surface area (Å²) >= 11 is 0. The van der Waals surface area contributed by atoms with Crippen LogP contribution in [-0.4, -0.2) is 72.5 Å². The molecule has 12 nitrogen and oxygen atoms in total. The van der Waals surface area contributed by atoms with Crippen LogP contribution in [-0.2, 0) is 29.4 Å². The van der Waals surface area contributed by atoms with Crippen molar-refractivity contribution in [3.05, 3.63) is 77.4 Å². The summed E-state index contributed by atoms with van der Waals surface area (Å²) in [4.78, 5) is 24.8. The molecule has 0 aromatic heterocycles. The second-order valence-corrected chi connectivity index (χ2v) is 13.7. The van der Waals surface area contributed by atoms with Crippen LogP contribution in [0.25, 0.3) is 6.08 Å². The number of nitrogens with zero attached hydrogens (tertiary/aromatic N) is 2. The van der Waals surface area contributed by atoms with Crippen LogP contribution in [0.15, 0.2) is 76.0 Å². The minimum atomic E-state index is -4.42. The van der Waals surface area contributed by atoms with Crippen molar-refractivity contribution < 1.29 is 40.6 Å². The highest BCUT2D eigenvalue weighted by Gasteiger charge is 2.44. The van der Waals surface area contributed by atoms with Crippen LogP contribution in [0, 0.1) is 11.3 Å². The SMILES string of the molecule is COc1cc(C=C2CN(S(=O)(=O)c3ccc(NC(C)=O)cc3)CC(S(=O)(=O)c3ccc(C#N)cc3)C2=O)cc(OC)c1OC. The van der Waals surface area contributed by atoms with Crippen molar-refractivity contribution in [1.29, 1.82) is 5.26 Å². The zero-order valence-electron chi connectivity index (χ0n) is 24.2. The van der Waals surface area contributed by atoms with Gasteiger partial charge in [0.2, 0.25) is 21.7 Å². The molecule has 0 radical (unpaired) electrons. The molecule has 1 fully saturated rings. The molecule has 3 aromatic rings. The predicted octanol–water partition coefficient (Wildman–Crippen LogP) is 3.04. The van der Waals surface area contributed by atoms with E-state index in [-0.39, 0.29) is 38.3 Å². The quantitative estimate of drug-likeness (QED) is 0.344. The van der Waals surface area contributed by atoms with E-state index < -0.39 is 44.0 Å². The van der Waals surface area contributed by atoms with E-state index in [0.717, 1.165) is 4.31 Å². The standard InChI is InChI=1S/C30H29N3O9S2/c1-19(34)32-23-7-11-25(12-8-23)44(38,39)33-17-22(13-21-14-26(40-2)30(42-4)27(15-21)41-3)29(35)28(18-33)43(36,37)24-9-5-20(16-31)6-10-24/h5-15,28H,17-18H2,1-4H3,(H,32,34). The summed E-state index contributed by atoms with van der Waals surface area (Å²) < 4.78 is 72.2. The van der Waals surface area contributed by atoms with Gasteiger partial charge in [-0.05, 0) is 72.3 Å². The van der Waals surface area contributed by atoms with Crippen molar-refractivity contribution in [1.82, 2.24) is 4.31 Å². The number of methoxy groups -OCH3 is 3. The fourth-order valence-corrected chi connectivity index (χ4v) is 7.86. The van der Waals surface area contributed by atoms with Crippen LogP contribution in [0.4, 0.5) is 5.69 Å². The van der Waals surface area contributed by atoms with Gasteiger partial charge in [0.25, 0.3) is 0 Å². The Morgan fingerprint density at radius 1 is 0.932 bits per heavy atom. The first-order chi connectivity index (χ1) is 20.8. The third-order valence-electron chi connectivity index (χ3n) is 6.85. The van der Waals surface area contributed by atoms with Crippen molar-refractivity contribution in [2.75, 3.05) is 39.7 Å². The van der Waals surface area contributed by atoms with Gasteiger partial charge in [0, 0.05) is 31.3 Å². The number of ether oxygens (including phenoxy) is 3. The van der Waals surface area contributed by atoms with E-state index in [2.05, 4.69) is 5.32 Å². The Labute approximate surface area is 255 Å². The Balaban J connectivity index is 1.84. The van der Waals surface area contributed by atoms with E-state index >= 15 is 0 Å². The first-order valence-corrected chi connectivity index (χ1v) is 16.0. The highest BCUT2D eigenvalue weighted by Crippen LogP contribution is 2.39. The monoisotopic (exact) mass is 639 g/mol. The Morgan fingerprint density at radius 2 is 1.50 bits per heavy atom. The summed E-state index contributed by atoms with van der Waals surface area (Å²) in [5.41, 5.74) is 0.866. The second-order valence-electron chi connectivity index (χ2n) is 9.67. The number of anilines is 1. The topological polar surface area (TPSA) is 169 Å². The maximum Gasteiger partial charge on any atom is 0.243 e. The smallest absolute Gasteiger partial charge is 0.243 e. The summed E-state index contributed by atoms with van der Waals surface area (Å²) in [6.07, 6.45) is 1.38. The van der Waals surface area contributed by atoms with Crippen LogP contribution in [0.3, 0.4) is 0 Å². The van der Waals surface area contributed by atoms with Gasteiger partial charge in [-0.2, -0.15) is 9.57 Å². The van der Waals surface area contributed by atoms with Crippen LogP contribution in [0.5, 0.6) is 17.2 Å². The molecular weight excluding hydrogens is 610 g/mol. The minimum absolute atomic E-state index is 0.0915. The summed E-state index contributed by atoms with van der Waals surface area (Å²) in [6.45, 7) is 0.236. The van der Waals surface area contributed by atoms with Crippen LogP contribution in [0.1, 0.15) is 18.1 Å². The molecule has 4 rings (SSSR count). The molecular formula is C30H29N3O9S2. The largest absolute Gasteiger partial charge is 0.493 e. The van der Waals surface area contributed by atoms with E-state index in [1.165, 1.54) is 82.9 Å². The van der Waals surface area contributed by atoms with Crippen molar-refractivity contribution in [2.24, 2.45) is 0 Å². The fourth-order valence-electron chi connectivity index (χ4n) is 4.68. The lowest BCUT2D eigenvalue weighted by Gasteiger charge is -2.32. The van der Waals surface area contributed by atoms with E-state index in [9.17, 15) is 26.4 Å². The van der Waals surface area contributed by atoms with Crippen LogP contribution >= 0.6 is 0 Å². The summed E-state index contributed by atoms with van der Waals surface area (Å²) in [6, 6.07) is 15.4. The molecule has 230 valence electrons. The van der Waals surface area contributed by atoms with Crippen molar-refractivity contribution in [2.45, 2.75) is 22.0 Å². The van der Waals surface area contributed by atoms with E-state index in [1.54, 1.807) is 12.1 Å². The number of hydrogen-bond donors (Lipinski definition) is 1.